The largest absolute Gasteiger partial charge is 0.378 e. The molecule has 0 bridgehead atoms. The van der Waals surface area contributed by atoms with Crippen LogP contribution >= 0.6 is 0 Å². The van der Waals surface area contributed by atoms with Gasteiger partial charge >= 0.3 is 0 Å². The minimum Gasteiger partial charge on any atom is -0.378 e. The van der Waals surface area contributed by atoms with Crippen LogP contribution in [0.3, 0.4) is 0 Å². The summed E-state index contributed by atoms with van der Waals surface area (Å²) in [6, 6.07) is 0.443. The van der Waals surface area contributed by atoms with Gasteiger partial charge in [0.05, 0.1) is 6.10 Å². The summed E-state index contributed by atoms with van der Waals surface area (Å²) in [4.78, 5) is 0. The highest BCUT2D eigenvalue weighted by atomic mass is 16.5. The van der Waals surface area contributed by atoms with Gasteiger partial charge in [0.2, 0.25) is 0 Å². The van der Waals surface area contributed by atoms with Crippen molar-refractivity contribution in [3.05, 3.63) is 0 Å². The van der Waals surface area contributed by atoms with Crippen LogP contribution in [-0.2, 0) is 4.74 Å². The topological polar surface area (TPSA) is 35.2 Å². The van der Waals surface area contributed by atoms with Gasteiger partial charge in [-0.3, -0.25) is 0 Å². The summed E-state index contributed by atoms with van der Waals surface area (Å²) in [7, 11) is 0. The molecule has 2 aliphatic rings. The minimum absolute atomic E-state index is 0.443. The van der Waals surface area contributed by atoms with Crippen LogP contribution in [-0.4, -0.2) is 18.8 Å². The fourth-order valence-corrected chi connectivity index (χ4v) is 3.48. The first kappa shape index (κ1) is 12.4. The molecule has 2 nitrogen and oxygen atoms in total. The van der Waals surface area contributed by atoms with E-state index in [2.05, 4.69) is 6.92 Å². The molecule has 2 heteroatoms. The average Bonchev–Trinajstić information content (AvgIpc) is 2.88. The molecule has 1 saturated heterocycles. The molecule has 1 aliphatic heterocycles. The highest BCUT2D eigenvalue weighted by Crippen LogP contribution is 2.34. The number of hydrogen-bond donors (Lipinski definition) is 1. The van der Waals surface area contributed by atoms with E-state index in [0.29, 0.717) is 12.1 Å². The standard InChI is InChI=1S/C14H27NO/c1-11-5-2-8-13(11)14(15)9-3-6-12-7-4-10-16-12/h11-14H,2-10,15H2,1H3. The van der Waals surface area contributed by atoms with Gasteiger partial charge < -0.3 is 10.5 Å². The van der Waals surface area contributed by atoms with Crippen LogP contribution in [0, 0.1) is 11.8 Å². The number of rotatable bonds is 5. The Morgan fingerprint density at radius 2 is 2.12 bits per heavy atom. The van der Waals surface area contributed by atoms with E-state index in [9.17, 15) is 0 Å². The zero-order valence-corrected chi connectivity index (χ0v) is 10.7. The second-order valence-electron chi connectivity index (χ2n) is 5.80. The Morgan fingerprint density at radius 1 is 1.25 bits per heavy atom. The lowest BCUT2D eigenvalue weighted by molar-refractivity contribution is 0.101. The Kier molecular flexibility index (Phi) is 4.66. The van der Waals surface area contributed by atoms with E-state index < -0.39 is 0 Å². The van der Waals surface area contributed by atoms with Crippen molar-refractivity contribution in [3.63, 3.8) is 0 Å². The quantitative estimate of drug-likeness (QED) is 0.780. The molecule has 0 aromatic heterocycles. The van der Waals surface area contributed by atoms with E-state index >= 15 is 0 Å². The number of hydrogen-bond acceptors (Lipinski definition) is 2. The SMILES string of the molecule is CC1CCCC1C(N)CCCC1CCCO1. The lowest BCUT2D eigenvalue weighted by Crippen LogP contribution is -2.31. The zero-order chi connectivity index (χ0) is 11.4. The first-order chi connectivity index (χ1) is 7.77. The van der Waals surface area contributed by atoms with E-state index in [1.807, 2.05) is 0 Å². The van der Waals surface area contributed by atoms with Gasteiger partial charge in [0.1, 0.15) is 0 Å². The smallest absolute Gasteiger partial charge is 0.0576 e. The third-order valence-electron chi connectivity index (χ3n) is 4.57. The minimum atomic E-state index is 0.443. The molecule has 16 heavy (non-hydrogen) atoms. The molecule has 1 heterocycles. The lowest BCUT2D eigenvalue weighted by Gasteiger charge is -2.23. The molecule has 94 valence electrons. The molecular formula is C14H27NO. The van der Waals surface area contributed by atoms with Crippen LogP contribution in [0.2, 0.25) is 0 Å². The van der Waals surface area contributed by atoms with E-state index in [1.165, 1.54) is 51.4 Å². The van der Waals surface area contributed by atoms with Crippen molar-refractivity contribution in [1.82, 2.24) is 0 Å². The van der Waals surface area contributed by atoms with Gasteiger partial charge in [-0.1, -0.05) is 19.8 Å². The van der Waals surface area contributed by atoms with Crippen molar-refractivity contribution in [2.75, 3.05) is 6.61 Å². The van der Waals surface area contributed by atoms with Gasteiger partial charge in [0.25, 0.3) is 0 Å². The van der Waals surface area contributed by atoms with Gasteiger partial charge in [-0.15, -0.1) is 0 Å². The Hall–Kier alpha value is -0.0800. The second-order valence-corrected chi connectivity index (χ2v) is 5.80. The van der Waals surface area contributed by atoms with Crippen LogP contribution in [0.25, 0.3) is 0 Å². The first-order valence-corrected chi connectivity index (χ1v) is 7.14. The molecule has 4 unspecified atom stereocenters. The van der Waals surface area contributed by atoms with Gasteiger partial charge in [0.15, 0.2) is 0 Å². The predicted molar refractivity (Wildman–Crippen MR) is 67.3 cm³/mol. The lowest BCUT2D eigenvalue weighted by atomic mass is 9.87. The van der Waals surface area contributed by atoms with Crippen molar-refractivity contribution in [3.8, 4) is 0 Å². The van der Waals surface area contributed by atoms with Gasteiger partial charge in [-0.25, -0.2) is 0 Å². The van der Waals surface area contributed by atoms with Gasteiger partial charge in [-0.2, -0.15) is 0 Å². The monoisotopic (exact) mass is 225 g/mol. The fourth-order valence-electron chi connectivity index (χ4n) is 3.48. The molecule has 0 radical (unpaired) electrons. The summed E-state index contributed by atoms with van der Waals surface area (Å²) >= 11 is 0. The summed E-state index contributed by atoms with van der Waals surface area (Å²) in [5, 5.41) is 0. The summed E-state index contributed by atoms with van der Waals surface area (Å²) in [6.07, 6.45) is 10.9. The second kappa shape index (κ2) is 6.02. The van der Waals surface area contributed by atoms with E-state index in [1.54, 1.807) is 0 Å². The predicted octanol–water partition coefficient (Wildman–Crippen LogP) is 3.10. The van der Waals surface area contributed by atoms with Crippen LogP contribution in [0.15, 0.2) is 0 Å². The summed E-state index contributed by atoms with van der Waals surface area (Å²) < 4.78 is 5.64. The molecular weight excluding hydrogens is 198 g/mol. The van der Waals surface area contributed by atoms with Crippen LogP contribution < -0.4 is 5.73 Å². The van der Waals surface area contributed by atoms with Crippen LogP contribution in [0.4, 0.5) is 0 Å². The van der Waals surface area contributed by atoms with Crippen LogP contribution in [0.5, 0.6) is 0 Å². The Morgan fingerprint density at radius 3 is 2.75 bits per heavy atom. The van der Waals surface area contributed by atoms with Gasteiger partial charge in [-0.05, 0) is 50.4 Å². The zero-order valence-electron chi connectivity index (χ0n) is 10.7. The van der Waals surface area contributed by atoms with Crippen LogP contribution in [0.1, 0.15) is 58.3 Å². The maximum absolute atomic E-state index is 6.31. The normalized spacial score (nSPS) is 36.8. The maximum Gasteiger partial charge on any atom is 0.0576 e. The molecule has 2 N–H and O–H groups in total. The molecule has 4 atom stereocenters. The fraction of sp³-hybridized carbons (Fsp3) is 1.00. The Labute approximate surface area is 99.9 Å². The first-order valence-electron chi connectivity index (χ1n) is 7.14. The maximum atomic E-state index is 6.31. The van der Waals surface area contributed by atoms with Crippen molar-refractivity contribution in [2.45, 2.75) is 70.4 Å². The molecule has 0 aromatic rings. The summed E-state index contributed by atoms with van der Waals surface area (Å²) in [5.41, 5.74) is 6.31. The summed E-state index contributed by atoms with van der Waals surface area (Å²) in [5.74, 6) is 1.65. The highest BCUT2D eigenvalue weighted by Gasteiger charge is 2.28. The molecule has 0 aromatic carbocycles. The molecule has 1 aliphatic carbocycles. The molecule has 2 fully saturated rings. The van der Waals surface area contributed by atoms with Gasteiger partial charge in [0, 0.05) is 12.6 Å². The number of nitrogens with two attached hydrogens (primary N) is 1. The Balaban J connectivity index is 1.61. The molecule has 0 spiro atoms. The molecule has 0 amide bonds. The third-order valence-corrected chi connectivity index (χ3v) is 4.57. The summed E-state index contributed by atoms with van der Waals surface area (Å²) in [6.45, 7) is 3.36. The molecule has 1 saturated carbocycles. The average molecular weight is 225 g/mol. The molecule has 2 rings (SSSR count). The van der Waals surface area contributed by atoms with Crippen molar-refractivity contribution < 1.29 is 4.74 Å². The number of ether oxygens (including phenoxy) is 1. The van der Waals surface area contributed by atoms with Crippen molar-refractivity contribution in [1.29, 1.82) is 0 Å². The Bertz CT molecular complexity index is 201. The van der Waals surface area contributed by atoms with E-state index in [0.717, 1.165) is 18.4 Å². The van der Waals surface area contributed by atoms with E-state index in [-0.39, 0.29) is 0 Å². The van der Waals surface area contributed by atoms with Crippen molar-refractivity contribution in [2.24, 2.45) is 17.6 Å². The highest BCUT2D eigenvalue weighted by molar-refractivity contribution is 4.83. The van der Waals surface area contributed by atoms with Crippen molar-refractivity contribution >= 4 is 0 Å². The third kappa shape index (κ3) is 3.21. The van der Waals surface area contributed by atoms with E-state index in [4.69, 9.17) is 10.5 Å².